The molecule has 26 heavy (non-hydrogen) atoms. The van der Waals surface area contributed by atoms with Gasteiger partial charge in [0.25, 0.3) is 0 Å². The molecule has 0 spiro atoms. The molecular formula is C21H23NO3S. The van der Waals surface area contributed by atoms with Gasteiger partial charge in [-0.2, -0.15) is 0 Å². The molecule has 0 N–H and O–H groups in total. The summed E-state index contributed by atoms with van der Waals surface area (Å²) in [7, 11) is 3.29. The number of benzene rings is 2. The van der Waals surface area contributed by atoms with Crippen LogP contribution in [0.15, 0.2) is 48.5 Å². The highest BCUT2D eigenvalue weighted by Gasteiger charge is 2.48. The zero-order valence-corrected chi connectivity index (χ0v) is 15.9. The van der Waals surface area contributed by atoms with Gasteiger partial charge in [0.05, 0.1) is 14.2 Å². The van der Waals surface area contributed by atoms with Crippen LogP contribution in [-0.2, 0) is 4.79 Å². The summed E-state index contributed by atoms with van der Waals surface area (Å²) in [6, 6.07) is 16.2. The molecule has 2 aromatic rings. The zero-order valence-electron chi connectivity index (χ0n) is 15.1. The number of methoxy groups -OCH3 is 2. The Balaban J connectivity index is 1.56. The Hall–Kier alpha value is -2.14. The van der Waals surface area contributed by atoms with Crippen LogP contribution in [0.2, 0.25) is 0 Å². The average Bonchev–Trinajstić information content (AvgIpc) is 3.35. The summed E-state index contributed by atoms with van der Waals surface area (Å²) in [5.41, 5.74) is 2.29. The fraction of sp³-hybridized carbons (Fsp3) is 0.381. The molecule has 1 aliphatic carbocycles. The maximum atomic E-state index is 13.2. The SMILES string of the molecule is COc1cccc([C@@H]2SCCN2C(=O)[C@@H]2C[C@H]2c2ccccc2)c1OC. The first kappa shape index (κ1) is 17.3. The van der Waals surface area contributed by atoms with Gasteiger partial charge in [-0.3, -0.25) is 4.79 Å². The van der Waals surface area contributed by atoms with Gasteiger partial charge in [0.2, 0.25) is 5.91 Å². The van der Waals surface area contributed by atoms with Gasteiger partial charge < -0.3 is 14.4 Å². The summed E-state index contributed by atoms with van der Waals surface area (Å²) < 4.78 is 11.0. The van der Waals surface area contributed by atoms with Crippen molar-refractivity contribution < 1.29 is 14.3 Å². The summed E-state index contributed by atoms with van der Waals surface area (Å²) in [5.74, 6) is 3.11. The molecule has 2 fully saturated rings. The summed E-state index contributed by atoms with van der Waals surface area (Å²) in [6.07, 6.45) is 0.950. The molecule has 5 heteroatoms. The predicted molar refractivity (Wildman–Crippen MR) is 104 cm³/mol. The van der Waals surface area contributed by atoms with E-state index in [1.54, 1.807) is 26.0 Å². The number of amides is 1. The van der Waals surface area contributed by atoms with Crippen LogP contribution < -0.4 is 9.47 Å². The highest BCUT2D eigenvalue weighted by molar-refractivity contribution is 7.99. The Labute approximate surface area is 158 Å². The number of para-hydroxylation sites is 1. The first-order chi connectivity index (χ1) is 12.7. The highest BCUT2D eigenvalue weighted by Crippen LogP contribution is 2.52. The van der Waals surface area contributed by atoms with Crippen LogP contribution in [-0.4, -0.2) is 37.3 Å². The van der Waals surface area contributed by atoms with E-state index in [1.807, 2.05) is 41.3 Å². The topological polar surface area (TPSA) is 38.8 Å². The van der Waals surface area contributed by atoms with E-state index in [1.165, 1.54) is 5.56 Å². The normalized spacial score (nSPS) is 24.4. The number of hydrogen-bond acceptors (Lipinski definition) is 4. The molecular weight excluding hydrogens is 346 g/mol. The fourth-order valence-electron chi connectivity index (χ4n) is 3.81. The van der Waals surface area contributed by atoms with Crippen LogP contribution in [0.5, 0.6) is 11.5 Å². The van der Waals surface area contributed by atoms with Crippen molar-refractivity contribution in [3.8, 4) is 11.5 Å². The van der Waals surface area contributed by atoms with Crippen molar-refractivity contribution >= 4 is 17.7 Å². The van der Waals surface area contributed by atoms with Crippen molar-refractivity contribution in [3.05, 3.63) is 59.7 Å². The third-order valence-corrected chi connectivity index (χ3v) is 6.45. The lowest BCUT2D eigenvalue weighted by Gasteiger charge is -2.26. The second kappa shape index (κ2) is 7.23. The zero-order chi connectivity index (χ0) is 18.1. The van der Waals surface area contributed by atoms with Gasteiger partial charge in [-0.05, 0) is 24.0 Å². The number of rotatable bonds is 5. The first-order valence-corrected chi connectivity index (χ1v) is 9.97. The minimum Gasteiger partial charge on any atom is -0.493 e. The van der Waals surface area contributed by atoms with Crippen molar-refractivity contribution in [1.82, 2.24) is 4.90 Å². The monoisotopic (exact) mass is 369 g/mol. The van der Waals surface area contributed by atoms with E-state index < -0.39 is 0 Å². The molecule has 1 heterocycles. The molecule has 136 valence electrons. The Kier molecular flexibility index (Phi) is 4.81. The van der Waals surface area contributed by atoms with Crippen LogP contribution in [0.25, 0.3) is 0 Å². The molecule has 0 aromatic heterocycles. The first-order valence-electron chi connectivity index (χ1n) is 8.92. The minimum absolute atomic E-state index is 0.00965. The van der Waals surface area contributed by atoms with Crippen LogP contribution in [0.4, 0.5) is 0 Å². The van der Waals surface area contributed by atoms with E-state index in [0.29, 0.717) is 11.7 Å². The van der Waals surface area contributed by atoms with E-state index in [9.17, 15) is 4.79 Å². The molecule has 4 nitrogen and oxygen atoms in total. The van der Waals surface area contributed by atoms with Crippen molar-refractivity contribution in [2.24, 2.45) is 5.92 Å². The number of nitrogens with zero attached hydrogens (tertiary/aromatic N) is 1. The van der Waals surface area contributed by atoms with Gasteiger partial charge >= 0.3 is 0 Å². The van der Waals surface area contributed by atoms with E-state index in [-0.39, 0.29) is 17.2 Å². The van der Waals surface area contributed by atoms with Crippen LogP contribution >= 0.6 is 11.8 Å². The molecule has 2 aromatic carbocycles. The average molecular weight is 369 g/mol. The van der Waals surface area contributed by atoms with Gasteiger partial charge in [-0.25, -0.2) is 0 Å². The maximum absolute atomic E-state index is 13.2. The Morgan fingerprint density at radius 3 is 2.62 bits per heavy atom. The summed E-state index contributed by atoms with van der Waals surface area (Å²) in [6.45, 7) is 0.784. The fourth-order valence-corrected chi connectivity index (χ4v) is 5.09. The molecule has 4 rings (SSSR count). The Morgan fingerprint density at radius 1 is 1.08 bits per heavy atom. The second-order valence-corrected chi connectivity index (χ2v) is 7.89. The number of thioether (sulfide) groups is 1. The van der Waals surface area contributed by atoms with Gasteiger partial charge in [0, 0.05) is 23.8 Å². The largest absolute Gasteiger partial charge is 0.493 e. The van der Waals surface area contributed by atoms with Gasteiger partial charge in [-0.15, -0.1) is 11.8 Å². The summed E-state index contributed by atoms with van der Waals surface area (Å²) >= 11 is 1.79. The number of ether oxygens (including phenoxy) is 2. The standard InChI is InChI=1S/C21H23NO3S/c1-24-18-10-6-9-15(19(18)25-2)21-22(11-12-26-21)20(23)17-13-16(17)14-7-4-3-5-8-14/h3-10,16-17,21H,11-13H2,1-2H3/t16-,17+,21-/m0/s1. The molecule has 1 saturated carbocycles. The van der Waals surface area contributed by atoms with Gasteiger partial charge in [0.15, 0.2) is 11.5 Å². The lowest BCUT2D eigenvalue weighted by Crippen LogP contribution is -2.32. The molecule has 1 saturated heterocycles. The van der Waals surface area contributed by atoms with E-state index >= 15 is 0 Å². The quantitative estimate of drug-likeness (QED) is 0.796. The third kappa shape index (κ3) is 3.05. The van der Waals surface area contributed by atoms with Crippen molar-refractivity contribution in [1.29, 1.82) is 0 Å². The van der Waals surface area contributed by atoms with Crippen molar-refractivity contribution in [2.75, 3.05) is 26.5 Å². The van der Waals surface area contributed by atoms with Crippen LogP contribution in [0, 0.1) is 5.92 Å². The van der Waals surface area contributed by atoms with Crippen LogP contribution in [0.3, 0.4) is 0 Å². The number of hydrogen-bond donors (Lipinski definition) is 0. The van der Waals surface area contributed by atoms with Gasteiger partial charge in [0.1, 0.15) is 5.37 Å². The summed E-state index contributed by atoms with van der Waals surface area (Å²) in [4.78, 5) is 15.2. The lowest BCUT2D eigenvalue weighted by atomic mass is 10.1. The second-order valence-electron chi connectivity index (χ2n) is 6.70. The van der Waals surface area contributed by atoms with Gasteiger partial charge in [-0.1, -0.05) is 42.5 Å². The van der Waals surface area contributed by atoms with Crippen LogP contribution in [0.1, 0.15) is 28.8 Å². The number of carbonyl (C=O) groups is 1. The molecule has 1 amide bonds. The third-order valence-electron chi connectivity index (χ3n) is 5.21. The molecule has 3 atom stereocenters. The maximum Gasteiger partial charge on any atom is 0.227 e. The van der Waals surface area contributed by atoms with E-state index in [4.69, 9.17) is 9.47 Å². The van der Waals surface area contributed by atoms with Crippen molar-refractivity contribution in [2.45, 2.75) is 17.7 Å². The van der Waals surface area contributed by atoms with E-state index in [2.05, 4.69) is 12.1 Å². The smallest absolute Gasteiger partial charge is 0.227 e. The number of carbonyl (C=O) groups excluding carboxylic acids is 1. The minimum atomic E-state index is -0.00965. The Morgan fingerprint density at radius 2 is 1.88 bits per heavy atom. The van der Waals surface area contributed by atoms with Crippen molar-refractivity contribution in [3.63, 3.8) is 0 Å². The molecule has 1 aliphatic heterocycles. The molecule has 0 unspecified atom stereocenters. The predicted octanol–water partition coefficient (Wildman–Crippen LogP) is 4.08. The lowest BCUT2D eigenvalue weighted by molar-refractivity contribution is -0.132. The molecule has 2 aliphatic rings. The Bertz CT molecular complexity index is 795. The highest BCUT2D eigenvalue weighted by atomic mass is 32.2. The van der Waals surface area contributed by atoms with E-state index in [0.717, 1.165) is 30.0 Å². The molecule has 0 radical (unpaired) electrons. The molecule has 0 bridgehead atoms. The summed E-state index contributed by atoms with van der Waals surface area (Å²) in [5, 5.41) is -0.00965.